The van der Waals surface area contributed by atoms with Crippen LogP contribution in [0.25, 0.3) is 0 Å². The SMILES string of the molecule is CCC(=O)NC12CC(C(=O)N3CC4(CN(C)C4)C3)(C1)C2. The smallest absolute Gasteiger partial charge is 0.229 e. The van der Waals surface area contributed by atoms with Crippen LogP contribution in [0.2, 0.25) is 0 Å². The fraction of sp³-hybridized carbons (Fsp3) is 0.867. The first-order valence-electron chi connectivity index (χ1n) is 7.69. The minimum atomic E-state index is -0.113. The van der Waals surface area contributed by atoms with Crippen LogP contribution in [-0.2, 0) is 9.59 Å². The Morgan fingerprint density at radius 2 is 1.70 bits per heavy atom. The number of nitrogens with one attached hydrogen (secondary N) is 1. The molecule has 5 heteroatoms. The van der Waals surface area contributed by atoms with Crippen molar-refractivity contribution in [2.45, 2.75) is 38.1 Å². The number of hydrogen-bond acceptors (Lipinski definition) is 3. The van der Waals surface area contributed by atoms with E-state index in [-0.39, 0.29) is 16.9 Å². The van der Waals surface area contributed by atoms with Crippen molar-refractivity contribution in [3.63, 3.8) is 0 Å². The Kier molecular flexibility index (Phi) is 2.25. The molecule has 2 heterocycles. The lowest BCUT2D eigenvalue weighted by Crippen LogP contribution is -2.81. The summed E-state index contributed by atoms with van der Waals surface area (Å²) in [5.74, 6) is 0.469. The molecule has 5 aliphatic rings. The van der Waals surface area contributed by atoms with Crippen molar-refractivity contribution in [2.75, 3.05) is 33.2 Å². The average Bonchev–Trinajstić information content (AvgIpc) is 2.23. The molecule has 1 spiro atoms. The third-order valence-electron chi connectivity index (χ3n) is 5.76. The summed E-state index contributed by atoms with van der Waals surface area (Å²) >= 11 is 0. The quantitative estimate of drug-likeness (QED) is 0.802. The topological polar surface area (TPSA) is 52.7 Å². The molecule has 0 atom stereocenters. The van der Waals surface area contributed by atoms with Gasteiger partial charge < -0.3 is 15.1 Å². The van der Waals surface area contributed by atoms with Crippen molar-refractivity contribution in [1.82, 2.24) is 15.1 Å². The molecular weight excluding hydrogens is 254 g/mol. The molecule has 5 fully saturated rings. The second-order valence-corrected chi connectivity index (χ2v) is 7.83. The van der Waals surface area contributed by atoms with Crippen molar-refractivity contribution >= 4 is 11.8 Å². The Morgan fingerprint density at radius 3 is 2.20 bits per heavy atom. The predicted molar refractivity (Wildman–Crippen MR) is 74.0 cm³/mol. The fourth-order valence-corrected chi connectivity index (χ4v) is 5.07. The molecular formula is C15H23N3O2. The summed E-state index contributed by atoms with van der Waals surface area (Å²) in [7, 11) is 2.14. The van der Waals surface area contributed by atoms with E-state index in [1.54, 1.807) is 0 Å². The van der Waals surface area contributed by atoms with E-state index in [1.807, 2.05) is 6.92 Å². The molecule has 1 N–H and O–H groups in total. The first kappa shape index (κ1) is 12.6. The van der Waals surface area contributed by atoms with Gasteiger partial charge in [0, 0.05) is 43.6 Å². The van der Waals surface area contributed by atoms with E-state index in [1.165, 1.54) is 0 Å². The number of rotatable bonds is 3. The van der Waals surface area contributed by atoms with E-state index in [0.717, 1.165) is 45.4 Å². The van der Waals surface area contributed by atoms with Crippen LogP contribution < -0.4 is 5.32 Å². The van der Waals surface area contributed by atoms with Crippen LogP contribution in [0, 0.1) is 10.8 Å². The number of nitrogens with zero attached hydrogens (tertiary/aromatic N) is 2. The van der Waals surface area contributed by atoms with Crippen LogP contribution in [0.1, 0.15) is 32.6 Å². The highest BCUT2D eigenvalue weighted by Crippen LogP contribution is 2.68. The maximum absolute atomic E-state index is 12.6. The Hall–Kier alpha value is -1.10. The van der Waals surface area contributed by atoms with Crippen molar-refractivity contribution in [3.05, 3.63) is 0 Å². The Labute approximate surface area is 119 Å². The summed E-state index contributed by atoms with van der Waals surface area (Å²) in [5, 5.41) is 3.09. The molecule has 0 radical (unpaired) electrons. The summed E-state index contributed by atoms with van der Waals surface area (Å²) in [6, 6.07) is 0. The lowest BCUT2D eigenvalue weighted by atomic mass is 9.38. The van der Waals surface area contributed by atoms with Gasteiger partial charge in [-0.05, 0) is 26.3 Å². The number of carbonyl (C=O) groups is 2. The normalized spacial score (nSPS) is 40.2. The van der Waals surface area contributed by atoms with Crippen LogP contribution in [0.3, 0.4) is 0 Å². The Bertz CT molecular complexity index is 468. The molecule has 3 aliphatic carbocycles. The lowest BCUT2D eigenvalue weighted by molar-refractivity contribution is -0.208. The number of likely N-dealkylation sites (tertiary alicyclic amines) is 2. The maximum atomic E-state index is 12.6. The van der Waals surface area contributed by atoms with Gasteiger partial charge in [0.25, 0.3) is 0 Å². The van der Waals surface area contributed by atoms with E-state index < -0.39 is 0 Å². The van der Waals surface area contributed by atoms with Gasteiger partial charge in [0.15, 0.2) is 0 Å². The number of amides is 2. The second kappa shape index (κ2) is 3.56. The van der Waals surface area contributed by atoms with Crippen LogP contribution in [0.15, 0.2) is 0 Å². The van der Waals surface area contributed by atoms with E-state index in [2.05, 4.69) is 22.2 Å². The highest BCUT2D eigenvalue weighted by Gasteiger charge is 2.73. The van der Waals surface area contributed by atoms with Crippen LogP contribution in [0.4, 0.5) is 0 Å². The van der Waals surface area contributed by atoms with E-state index >= 15 is 0 Å². The summed E-state index contributed by atoms with van der Waals surface area (Å²) in [6.45, 7) is 6.05. The molecule has 3 saturated carbocycles. The molecule has 110 valence electrons. The Balaban J connectivity index is 1.30. The second-order valence-electron chi connectivity index (χ2n) is 7.83. The molecule has 2 amide bonds. The molecule has 5 rings (SSSR count). The molecule has 2 aliphatic heterocycles. The van der Waals surface area contributed by atoms with E-state index in [4.69, 9.17) is 0 Å². The molecule has 0 aromatic heterocycles. The maximum Gasteiger partial charge on any atom is 0.229 e. The molecule has 0 aromatic carbocycles. The van der Waals surface area contributed by atoms with Crippen molar-refractivity contribution in [1.29, 1.82) is 0 Å². The molecule has 0 aromatic rings. The van der Waals surface area contributed by atoms with Gasteiger partial charge in [0.05, 0.1) is 5.41 Å². The minimum absolute atomic E-state index is 0.0258. The molecule has 5 nitrogen and oxygen atoms in total. The first-order chi connectivity index (χ1) is 9.40. The standard InChI is InChI=1S/C15H23N3O2/c1-3-11(19)16-15-4-14(5-15,6-15)12(20)18-9-13(10-18)7-17(2)8-13/h3-10H2,1-2H3,(H,16,19). The van der Waals surface area contributed by atoms with Crippen LogP contribution >= 0.6 is 0 Å². The van der Waals surface area contributed by atoms with Gasteiger partial charge in [-0.2, -0.15) is 0 Å². The largest absolute Gasteiger partial charge is 0.351 e. The third-order valence-corrected chi connectivity index (χ3v) is 5.76. The van der Waals surface area contributed by atoms with E-state index in [9.17, 15) is 9.59 Å². The summed E-state index contributed by atoms with van der Waals surface area (Å²) in [6.07, 6.45) is 3.14. The van der Waals surface area contributed by atoms with Gasteiger partial charge in [-0.15, -0.1) is 0 Å². The van der Waals surface area contributed by atoms with Crippen LogP contribution in [0.5, 0.6) is 0 Å². The zero-order valence-corrected chi connectivity index (χ0v) is 12.4. The zero-order valence-electron chi connectivity index (χ0n) is 12.4. The highest BCUT2D eigenvalue weighted by atomic mass is 16.2. The molecule has 20 heavy (non-hydrogen) atoms. The Morgan fingerprint density at radius 1 is 1.10 bits per heavy atom. The van der Waals surface area contributed by atoms with Gasteiger partial charge in [0.2, 0.25) is 11.8 Å². The van der Waals surface area contributed by atoms with Crippen molar-refractivity contribution in [3.8, 4) is 0 Å². The zero-order chi connectivity index (χ0) is 14.2. The van der Waals surface area contributed by atoms with Crippen molar-refractivity contribution in [2.24, 2.45) is 10.8 Å². The summed E-state index contributed by atoms with van der Waals surface area (Å²) in [4.78, 5) is 28.4. The fourth-order valence-electron chi connectivity index (χ4n) is 5.07. The molecule has 2 saturated heterocycles. The summed E-state index contributed by atoms with van der Waals surface area (Å²) in [5.41, 5.74) is 0.280. The minimum Gasteiger partial charge on any atom is -0.351 e. The van der Waals surface area contributed by atoms with Gasteiger partial charge in [-0.25, -0.2) is 0 Å². The highest BCUT2D eigenvalue weighted by molar-refractivity contribution is 5.89. The third kappa shape index (κ3) is 1.47. The number of carbonyl (C=O) groups excluding carboxylic acids is 2. The average molecular weight is 277 g/mol. The van der Waals surface area contributed by atoms with E-state index in [0.29, 0.717) is 17.7 Å². The van der Waals surface area contributed by atoms with Gasteiger partial charge in [0.1, 0.15) is 0 Å². The van der Waals surface area contributed by atoms with Gasteiger partial charge in [-0.3, -0.25) is 9.59 Å². The van der Waals surface area contributed by atoms with Crippen molar-refractivity contribution < 1.29 is 9.59 Å². The van der Waals surface area contributed by atoms with Crippen LogP contribution in [-0.4, -0.2) is 60.4 Å². The molecule has 2 bridgehead atoms. The number of hydrogen-bond donors (Lipinski definition) is 1. The summed E-state index contributed by atoms with van der Waals surface area (Å²) < 4.78 is 0. The lowest BCUT2D eigenvalue weighted by Gasteiger charge is -2.71. The van der Waals surface area contributed by atoms with Gasteiger partial charge >= 0.3 is 0 Å². The molecule has 0 unspecified atom stereocenters. The first-order valence-corrected chi connectivity index (χ1v) is 7.69. The monoisotopic (exact) mass is 277 g/mol. The predicted octanol–water partition coefficient (Wildman–Crippen LogP) is 0.209. The van der Waals surface area contributed by atoms with Gasteiger partial charge in [-0.1, -0.05) is 6.92 Å².